The van der Waals surface area contributed by atoms with Gasteiger partial charge in [0.25, 0.3) is 0 Å². The molecule has 0 heterocycles. The molecule has 5 unspecified atom stereocenters. The molecule has 2 saturated carbocycles. The fourth-order valence-electron chi connectivity index (χ4n) is 4.89. The summed E-state index contributed by atoms with van der Waals surface area (Å²) in [6, 6.07) is 0. The summed E-state index contributed by atoms with van der Waals surface area (Å²) in [4.78, 5) is 0. The molecule has 0 amide bonds. The summed E-state index contributed by atoms with van der Waals surface area (Å²) < 4.78 is 0. The molecular formula is C19H37N. The quantitative estimate of drug-likeness (QED) is 0.654. The third kappa shape index (κ3) is 4.48. The van der Waals surface area contributed by atoms with Crippen LogP contribution in [0.2, 0.25) is 0 Å². The maximum atomic E-state index is 3.72. The van der Waals surface area contributed by atoms with Gasteiger partial charge in [0, 0.05) is 0 Å². The van der Waals surface area contributed by atoms with Gasteiger partial charge in [-0.15, -0.1) is 0 Å². The highest BCUT2D eigenvalue weighted by molar-refractivity contribution is 4.87. The van der Waals surface area contributed by atoms with Crippen LogP contribution in [0.1, 0.15) is 78.6 Å². The SMILES string of the molecule is CCCNCC1CCC(CC)CC1C1CCCC(C)C1. The standard InChI is InChI=1S/C19H37N/c1-4-11-20-14-18-10-9-16(5-2)13-19(18)17-8-6-7-15(3)12-17/h15-20H,4-14H2,1-3H3. The summed E-state index contributed by atoms with van der Waals surface area (Å²) >= 11 is 0. The average molecular weight is 280 g/mol. The number of hydrogen-bond donors (Lipinski definition) is 1. The van der Waals surface area contributed by atoms with Crippen molar-refractivity contribution in [2.75, 3.05) is 13.1 Å². The second-order valence-electron chi connectivity index (χ2n) is 7.75. The topological polar surface area (TPSA) is 12.0 Å². The summed E-state index contributed by atoms with van der Waals surface area (Å²) in [5, 5.41) is 3.72. The van der Waals surface area contributed by atoms with Crippen LogP contribution in [-0.2, 0) is 0 Å². The first-order valence-electron chi connectivity index (χ1n) is 9.45. The van der Waals surface area contributed by atoms with Crippen molar-refractivity contribution in [2.45, 2.75) is 78.6 Å². The molecular weight excluding hydrogens is 242 g/mol. The Bertz CT molecular complexity index is 260. The molecule has 0 aromatic carbocycles. The summed E-state index contributed by atoms with van der Waals surface area (Å²) in [6.07, 6.45) is 13.2. The summed E-state index contributed by atoms with van der Waals surface area (Å²) in [7, 11) is 0. The minimum absolute atomic E-state index is 0.972. The lowest BCUT2D eigenvalue weighted by Gasteiger charge is -2.43. The predicted octanol–water partition coefficient (Wildman–Crippen LogP) is 5.25. The maximum Gasteiger partial charge on any atom is -0.00178 e. The first-order valence-corrected chi connectivity index (χ1v) is 9.45. The van der Waals surface area contributed by atoms with Gasteiger partial charge in [0.1, 0.15) is 0 Å². The largest absolute Gasteiger partial charge is 0.316 e. The van der Waals surface area contributed by atoms with Gasteiger partial charge in [0.05, 0.1) is 0 Å². The molecule has 0 bridgehead atoms. The molecule has 2 aliphatic rings. The minimum Gasteiger partial charge on any atom is -0.316 e. The van der Waals surface area contributed by atoms with E-state index in [1.807, 2.05) is 0 Å². The molecule has 1 nitrogen and oxygen atoms in total. The summed E-state index contributed by atoms with van der Waals surface area (Å²) in [5.74, 6) is 5.06. The van der Waals surface area contributed by atoms with Gasteiger partial charge in [0.15, 0.2) is 0 Å². The third-order valence-corrected chi connectivity index (χ3v) is 6.15. The lowest BCUT2D eigenvalue weighted by atomic mass is 9.63. The van der Waals surface area contributed by atoms with Gasteiger partial charge in [-0.1, -0.05) is 52.9 Å². The maximum absolute atomic E-state index is 3.72. The van der Waals surface area contributed by atoms with Gasteiger partial charge in [-0.25, -0.2) is 0 Å². The van der Waals surface area contributed by atoms with E-state index in [0.717, 1.165) is 29.6 Å². The van der Waals surface area contributed by atoms with Crippen LogP contribution in [0, 0.1) is 29.6 Å². The molecule has 2 aliphatic carbocycles. The summed E-state index contributed by atoms with van der Waals surface area (Å²) in [5.41, 5.74) is 0. The van der Waals surface area contributed by atoms with Gasteiger partial charge >= 0.3 is 0 Å². The van der Waals surface area contributed by atoms with E-state index >= 15 is 0 Å². The van der Waals surface area contributed by atoms with Crippen LogP contribution < -0.4 is 5.32 Å². The van der Waals surface area contributed by atoms with E-state index in [1.54, 1.807) is 0 Å². The zero-order valence-electron chi connectivity index (χ0n) is 14.2. The highest BCUT2D eigenvalue weighted by atomic mass is 14.9. The zero-order chi connectivity index (χ0) is 14.4. The van der Waals surface area contributed by atoms with E-state index in [2.05, 4.69) is 26.1 Å². The van der Waals surface area contributed by atoms with Crippen molar-refractivity contribution in [3.8, 4) is 0 Å². The minimum atomic E-state index is 0.972. The van der Waals surface area contributed by atoms with Crippen molar-refractivity contribution < 1.29 is 0 Å². The van der Waals surface area contributed by atoms with E-state index in [4.69, 9.17) is 0 Å². The second-order valence-corrected chi connectivity index (χ2v) is 7.75. The van der Waals surface area contributed by atoms with Crippen LogP contribution in [0.15, 0.2) is 0 Å². The highest BCUT2D eigenvalue weighted by Gasteiger charge is 2.36. The molecule has 0 aliphatic heterocycles. The lowest BCUT2D eigenvalue weighted by molar-refractivity contribution is 0.0809. The lowest BCUT2D eigenvalue weighted by Crippen LogP contribution is -2.38. The zero-order valence-corrected chi connectivity index (χ0v) is 14.2. The Morgan fingerprint density at radius 3 is 2.55 bits per heavy atom. The molecule has 118 valence electrons. The fraction of sp³-hybridized carbons (Fsp3) is 1.00. The third-order valence-electron chi connectivity index (χ3n) is 6.15. The monoisotopic (exact) mass is 279 g/mol. The second kappa shape index (κ2) is 8.41. The van der Waals surface area contributed by atoms with Crippen LogP contribution in [0.3, 0.4) is 0 Å². The molecule has 0 saturated heterocycles. The smallest absolute Gasteiger partial charge is 0.00178 e. The predicted molar refractivity (Wildman–Crippen MR) is 88.9 cm³/mol. The molecule has 1 N–H and O–H groups in total. The van der Waals surface area contributed by atoms with Gasteiger partial charge in [-0.3, -0.25) is 0 Å². The average Bonchev–Trinajstić information content (AvgIpc) is 2.48. The van der Waals surface area contributed by atoms with Gasteiger partial charge < -0.3 is 5.32 Å². The van der Waals surface area contributed by atoms with Crippen molar-refractivity contribution >= 4 is 0 Å². The molecule has 2 fully saturated rings. The van der Waals surface area contributed by atoms with Crippen molar-refractivity contribution in [2.24, 2.45) is 29.6 Å². The first-order chi connectivity index (χ1) is 9.74. The Morgan fingerprint density at radius 2 is 1.85 bits per heavy atom. The Kier molecular flexibility index (Phi) is 6.87. The van der Waals surface area contributed by atoms with E-state index in [-0.39, 0.29) is 0 Å². The molecule has 0 radical (unpaired) electrons. The molecule has 0 aromatic heterocycles. The van der Waals surface area contributed by atoms with Crippen LogP contribution in [0.25, 0.3) is 0 Å². The molecule has 1 heteroatoms. The Labute approximate surface area is 127 Å². The van der Waals surface area contributed by atoms with Crippen molar-refractivity contribution in [1.29, 1.82) is 0 Å². The van der Waals surface area contributed by atoms with Crippen molar-refractivity contribution in [1.82, 2.24) is 5.32 Å². The van der Waals surface area contributed by atoms with Crippen molar-refractivity contribution in [3.05, 3.63) is 0 Å². The van der Waals surface area contributed by atoms with Gasteiger partial charge in [-0.2, -0.15) is 0 Å². The normalized spacial score (nSPS) is 38.9. The van der Waals surface area contributed by atoms with E-state index in [9.17, 15) is 0 Å². The van der Waals surface area contributed by atoms with E-state index < -0.39 is 0 Å². The Morgan fingerprint density at radius 1 is 1.00 bits per heavy atom. The first kappa shape index (κ1) is 16.3. The molecule has 5 atom stereocenters. The molecule has 2 rings (SSSR count). The molecule has 20 heavy (non-hydrogen) atoms. The van der Waals surface area contributed by atoms with Gasteiger partial charge in [0.2, 0.25) is 0 Å². The molecule has 0 aromatic rings. The van der Waals surface area contributed by atoms with E-state index in [1.165, 1.54) is 70.9 Å². The number of hydrogen-bond acceptors (Lipinski definition) is 1. The van der Waals surface area contributed by atoms with Gasteiger partial charge in [-0.05, 0) is 68.4 Å². The Hall–Kier alpha value is -0.0400. The van der Waals surface area contributed by atoms with E-state index in [0.29, 0.717) is 0 Å². The van der Waals surface area contributed by atoms with Crippen LogP contribution in [0.4, 0.5) is 0 Å². The van der Waals surface area contributed by atoms with Crippen LogP contribution in [-0.4, -0.2) is 13.1 Å². The highest BCUT2D eigenvalue weighted by Crippen LogP contribution is 2.45. The Balaban J connectivity index is 1.93. The molecule has 0 spiro atoms. The van der Waals surface area contributed by atoms with Crippen LogP contribution >= 0.6 is 0 Å². The number of rotatable bonds is 6. The van der Waals surface area contributed by atoms with Crippen molar-refractivity contribution in [3.63, 3.8) is 0 Å². The van der Waals surface area contributed by atoms with Crippen LogP contribution in [0.5, 0.6) is 0 Å². The summed E-state index contributed by atoms with van der Waals surface area (Å²) in [6.45, 7) is 9.67. The fourth-order valence-corrected chi connectivity index (χ4v) is 4.89. The number of nitrogens with one attached hydrogen (secondary N) is 1.